The summed E-state index contributed by atoms with van der Waals surface area (Å²) in [6, 6.07) is 0. The van der Waals surface area contributed by atoms with Crippen LogP contribution in [0.1, 0.15) is 26.6 Å². The standard InChI is InChI=1S/C11H11BrN4O3S/c1-11(2,3)9-13-10(20-14-9)15-4-6(12)8(17)7(5-15)16(18)19/h4-5H,1-3H3. The van der Waals surface area contributed by atoms with Crippen molar-refractivity contribution in [3.63, 3.8) is 0 Å². The predicted octanol–water partition coefficient (Wildman–Crippen LogP) is 2.66. The number of aromatic nitrogens is 3. The summed E-state index contributed by atoms with van der Waals surface area (Å²) in [7, 11) is 0. The van der Waals surface area contributed by atoms with Crippen LogP contribution in [-0.4, -0.2) is 18.8 Å². The van der Waals surface area contributed by atoms with E-state index in [0.717, 1.165) is 17.7 Å². The van der Waals surface area contributed by atoms with Gasteiger partial charge in [0.2, 0.25) is 5.13 Å². The normalized spacial score (nSPS) is 11.6. The first kappa shape index (κ1) is 14.8. The maximum absolute atomic E-state index is 11.6. The largest absolute Gasteiger partial charge is 0.333 e. The summed E-state index contributed by atoms with van der Waals surface area (Å²) in [5.74, 6) is 0.648. The zero-order valence-electron chi connectivity index (χ0n) is 11.0. The first-order chi connectivity index (χ1) is 9.20. The Labute approximate surface area is 126 Å². The third-order valence-corrected chi connectivity index (χ3v) is 3.76. The lowest BCUT2D eigenvalue weighted by molar-refractivity contribution is -0.386. The minimum absolute atomic E-state index is 0.110. The van der Waals surface area contributed by atoms with E-state index in [1.807, 2.05) is 20.8 Å². The third-order valence-electron chi connectivity index (χ3n) is 2.47. The van der Waals surface area contributed by atoms with Crippen molar-refractivity contribution in [1.82, 2.24) is 13.9 Å². The van der Waals surface area contributed by atoms with E-state index in [2.05, 4.69) is 25.3 Å². The van der Waals surface area contributed by atoms with Crippen molar-refractivity contribution in [3.8, 4) is 5.13 Å². The molecule has 7 nitrogen and oxygen atoms in total. The van der Waals surface area contributed by atoms with Crippen LogP contribution < -0.4 is 5.43 Å². The van der Waals surface area contributed by atoms with Crippen LogP contribution in [0.15, 0.2) is 21.7 Å². The molecule has 0 spiro atoms. The summed E-state index contributed by atoms with van der Waals surface area (Å²) in [5, 5.41) is 11.3. The van der Waals surface area contributed by atoms with Gasteiger partial charge < -0.3 is 0 Å². The maximum atomic E-state index is 11.6. The molecule has 2 aromatic rings. The zero-order valence-corrected chi connectivity index (χ0v) is 13.4. The molecule has 0 saturated heterocycles. The number of pyridine rings is 1. The van der Waals surface area contributed by atoms with Crippen LogP contribution >= 0.6 is 27.5 Å². The molecule has 0 radical (unpaired) electrons. The van der Waals surface area contributed by atoms with E-state index in [0.29, 0.717) is 11.0 Å². The molecule has 0 aliphatic heterocycles. The molecule has 0 bridgehead atoms. The lowest BCUT2D eigenvalue weighted by Gasteiger charge is -2.12. The van der Waals surface area contributed by atoms with Gasteiger partial charge in [0.1, 0.15) is 5.82 Å². The average Bonchev–Trinajstić information content (AvgIpc) is 2.81. The van der Waals surface area contributed by atoms with Crippen LogP contribution in [0.2, 0.25) is 0 Å². The lowest BCUT2D eigenvalue weighted by Crippen LogP contribution is -2.14. The molecular weight excluding hydrogens is 348 g/mol. The molecule has 0 fully saturated rings. The van der Waals surface area contributed by atoms with E-state index in [1.54, 1.807) is 0 Å². The Bertz CT molecular complexity index is 732. The van der Waals surface area contributed by atoms with Gasteiger partial charge >= 0.3 is 5.69 Å². The fourth-order valence-electron chi connectivity index (χ4n) is 1.40. The number of nitro groups is 1. The topological polar surface area (TPSA) is 90.9 Å². The van der Waals surface area contributed by atoms with Gasteiger partial charge in [-0.2, -0.15) is 4.37 Å². The summed E-state index contributed by atoms with van der Waals surface area (Å²) in [6.07, 6.45) is 2.60. The lowest BCUT2D eigenvalue weighted by atomic mass is 9.96. The minimum Gasteiger partial charge on any atom is -0.290 e. The zero-order chi connectivity index (χ0) is 15.1. The second kappa shape index (κ2) is 5.06. The molecule has 0 aromatic carbocycles. The molecule has 9 heteroatoms. The first-order valence-corrected chi connectivity index (χ1v) is 7.17. The van der Waals surface area contributed by atoms with Gasteiger partial charge in [0.15, 0.2) is 0 Å². The molecule has 0 saturated carbocycles. The van der Waals surface area contributed by atoms with Gasteiger partial charge in [0, 0.05) is 23.1 Å². The van der Waals surface area contributed by atoms with E-state index in [-0.39, 0.29) is 9.89 Å². The van der Waals surface area contributed by atoms with Crippen LogP contribution in [-0.2, 0) is 5.41 Å². The fourth-order valence-corrected chi connectivity index (χ4v) is 2.63. The van der Waals surface area contributed by atoms with Crippen molar-refractivity contribution in [2.75, 3.05) is 0 Å². The quantitative estimate of drug-likeness (QED) is 0.607. The van der Waals surface area contributed by atoms with Gasteiger partial charge in [-0.3, -0.25) is 19.5 Å². The van der Waals surface area contributed by atoms with Gasteiger partial charge in [-0.05, 0) is 15.9 Å². The monoisotopic (exact) mass is 358 g/mol. The number of nitrogens with zero attached hydrogens (tertiary/aromatic N) is 4. The Morgan fingerprint density at radius 3 is 2.55 bits per heavy atom. The Kier molecular flexibility index (Phi) is 3.74. The van der Waals surface area contributed by atoms with Crippen molar-refractivity contribution >= 4 is 33.1 Å². The highest BCUT2D eigenvalue weighted by molar-refractivity contribution is 9.10. The van der Waals surface area contributed by atoms with Gasteiger partial charge in [-0.15, -0.1) is 0 Å². The smallest absolute Gasteiger partial charge is 0.290 e. The van der Waals surface area contributed by atoms with E-state index in [1.165, 1.54) is 10.8 Å². The van der Waals surface area contributed by atoms with E-state index in [9.17, 15) is 14.9 Å². The van der Waals surface area contributed by atoms with Gasteiger partial charge in [0.05, 0.1) is 15.6 Å². The van der Waals surface area contributed by atoms with Crippen LogP contribution in [0.4, 0.5) is 5.69 Å². The van der Waals surface area contributed by atoms with Crippen LogP contribution in [0, 0.1) is 10.1 Å². The van der Waals surface area contributed by atoms with Gasteiger partial charge in [-0.1, -0.05) is 20.8 Å². The number of hydrogen-bond acceptors (Lipinski definition) is 6. The van der Waals surface area contributed by atoms with Crippen molar-refractivity contribution in [2.45, 2.75) is 26.2 Å². The Morgan fingerprint density at radius 1 is 1.40 bits per heavy atom. The van der Waals surface area contributed by atoms with Crippen molar-refractivity contribution < 1.29 is 4.92 Å². The van der Waals surface area contributed by atoms with Gasteiger partial charge in [-0.25, -0.2) is 4.98 Å². The molecule has 106 valence electrons. The second-order valence-corrected chi connectivity index (χ2v) is 6.72. The first-order valence-electron chi connectivity index (χ1n) is 5.61. The second-order valence-electron chi connectivity index (χ2n) is 5.14. The van der Waals surface area contributed by atoms with E-state index < -0.39 is 16.0 Å². The third kappa shape index (κ3) is 2.78. The molecule has 0 aliphatic rings. The molecule has 0 unspecified atom stereocenters. The van der Waals surface area contributed by atoms with Crippen LogP contribution in [0.25, 0.3) is 5.13 Å². The highest BCUT2D eigenvalue weighted by Crippen LogP contribution is 2.23. The summed E-state index contributed by atoms with van der Waals surface area (Å²) < 4.78 is 5.77. The summed E-state index contributed by atoms with van der Waals surface area (Å²) >= 11 is 4.15. The molecule has 2 heterocycles. The molecule has 0 N–H and O–H groups in total. The van der Waals surface area contributed by atoms with Crippen molar-refractivity contribution in [1.29, 1.82) is 0 Å². The van der Waals surface area contributed by atoms with Crippen molar-refractivity contribution in [2.24, 2.45) is 0 Å². The average molecular weight is 359 g/mol. The Morgan fingerprint density at radius 2 is 2.05 bits per heavy atom. The summed E-state index contributed by atoms with van der Waals surface area (Å²) in [4.78, 5) is 26.1. The fraction of sp³-hybridized carbons (Fsp3) is 0.364. The molecule has 0 aliphatic carbocycles. The van der Waals surface area contributed by atoms with Crippen LogP contribution in [0.5, 0.6) is 0 Å². The van der Waals surface area contributed by atoms with E-state index >= 15 is 0 Å². The summed E-state index contributed by atoms with van der Waals surface area (Å²) in [6.45, 7) is 5.92. The number of rotatable bonds is 2. The molecule has 0 atom stereocenters. The SMILES string of the molecule is CC(C)(C)c1nsc(-n2cc(Br)c(=O)c([N+](=O)[O-])c2)n1. The predicted molar refractivity (Wildman–Crippen MR) is 78.6 cm³/mol. The number of hydrogen-bond donors (Lipinski definition) is 0. The highest BCUT2D eigenvalue weighted by Gasteiger charge is 2.22. The Balaban J connectivity index is 2.56. The maximum Gasteiger partial charge on any atom is 0.333 e. The van der Waals surface area contributed by atoms with Gasteiger partial charge in [0.25, 0.3) is 5.43 Å². The molecular formula is C11H11BrN4O3S. The molecule has 0 amide bonds. The minimum atomic E-state index is -0.713. The van der Waals surface area contributed by atoms with E-state index in [4.69, 9.17) is 0 Å². The number of halogens is 1. The highest BCUT2D eigenvalue weighted by atomic mass is 79.9. The molecule has 20 heavy (non-hydrogen) atoms. The van der Waals surface area contributed by atoms with Crippen molar-refractivity contribution in [3.05, 3.63) is 43.0 Å². The molecule has 2 aromatic heterocycles. The summed E-state index contributed by atoms with van der Waals surface area (Å²) in [5.41, 5.74) is -1.38. The Hall–Kier alpha value is -1.61. The van der Waals surface area contributed by atoms with Crippen LogP contribution in [0.3, 0.4) is 0 Å². The molecule has 2 rings (SSSR count).